The third-order valence-electron chi connectivity index (χ3n) is 4.27. The SMILES string of the molecule is c1ccn2c(NC3CCCCC3)c(-c3ccoc3)nc2c1. The summed E-state index contributed by atoms with van der Waals surface area (Å²) >= 11 is 0. The van der Waals surface area contributed by atoms with Gasteiger partial charge in [0.25, 0.3) is 0 Å². The lowest BCUT2D eigenvalue weighted by Crippen LogP contribution is -2.23. The molecule has 4 nitrogen and oxygen atoms in total. The van der Waals surface area contributed by atoms with E-state index < -0.39 is 0 Å². The van der Waals surface area contributed by atoms with Gasteiger partial charge in [-0.3, -0.25) is 4.40 Å². The largest absolute Gasteiger partial charge is 0.472 e. The number of anilines is 1. The van der Waals surface area contributed by atoms with E-state index in [0.717, 1.165) is 22.7 Å². The maximum Gasteiger partial charge on any atom is 0.139 e. The molecule has 1 saturated carbocycles. The molecular formula is C17H19N3O. The molecule has 0 aliphatic heterocycles. The van der Waals surface area contributed by atoms with E-state index in [1.54, 1.807) is 12.5 Å². The van der Waals surface area contributed by atoms with Crippen molar-refractivity contribution in [3.05, 3.63) is 43.0 Å². The fourth-order valence-electron chi connectivity index (χ4n) is 3.17. The number of pyridine rings is 1. The van der Waals surface area contributed by atoms with E-state index in [-0.39, 0.29) is 0 Å². The maximum atomic E-state index is 5.23. The molecule has 21 heavy (non-hydrogen) atoms. The molecule has 4 heteroatoms. The molecule has 4 rings (SSSR count). The highest BCUT2D eigenvalue weighted by Gasteiger charge is 2.19. The minimum atomic E-state index is 0.546. The topological polar surface area (TPSA) is 42.5 Å². The minimum Gasteiger partial charge on any atom is -0.472 e. The van der Waals surface area contributed by atoms with E-state index in [2.05, 4.69) is 15.9 Å². The highest BCUT2D eigenvalue weighted by molar-refractivity contribution is 5.76. The van der Waals surface area contributed by atoms with Gasteiger partial charge in [0.05, 0.1) is 12.5 Å². The molecule has 108 valence electrons. The highest BCUT2D eigenvalue weighted by atomic mass is 16.3. The Morgan fingerprint density at radius 2 is 2.05 bits per heavy atom. The number of rotatable bonds is 3. The van der Waals surface area contributed by atoms with Crippen molar-refractivity contribution in [2.75, 3.05) is 5.32 Å². The number of nitrogens with one attached hydrogen (secondary N) is 1. The molecule has 3 aromatic rings. The molecule has 1 aliphatic rings. The van der Waals surface area contributed by atoms with Gasteiger partial charge in [0, 0.05) is 17.8 Å². The molecule has 0 bridgehead atoms. The van der Waals surface area contributed by atoms with Crippen molar-refractivity contribution in [3.63, 3.8) is 0 Å². The van der Waals surface area contributed by atoms with E-state index in [1.807, 2.05) is 24.3 Å². The normalized spacial score (nSPS) is 16.4. The number of imidazole rings is 1. The van der Waals surface area contributed by atoms with Gasteiger partial charge in [0.2, 0.25) is 0 Å². The van der Waals surface area contributed by atoms with Crippen LogP contribution >= 0.6 is 0 Å². The van der Waals surface area contributed by atoms with Gasteiger partial charge < -0.3 is 9.73 Å². The molecule has 0 atom stereocenters. The molecule has 0 saturated heterocycles. The Balaban J connectivity index is 1.78. The van der Waals surface area contributed by atoms with Gasteiger partial charge in [-0.1, -0.05) is 25.3 Å². The average Bonchev–Trinajstić information content (AvgIpc) is 3.16. The Morgan fingerprint density at radius 3 is 2.86 bits per heavy atom. The summed E-state index contributed by atoms with van der Waals surface area (Å²) < 4.78 is 7.37. The number of furan rings is 1. The van der Waals surface area contributed by atoms with Crippen molar-refractivity contribution in [2.45, 2.75) is 38.1 Å². The molecular weight excluding hydrogens is 262 g/mol. The van der Waals surface area contributed by atoms with Crippen LogP contribution in [-0.4, -0.2) is 15.4 Å². The zero-order valence-electron chi connectivity index (χ0n) is 12.0. The van der Waals surface area contributed by atoms with Crippen LogP contribution in [0.5, 0.6) is 0 Å². The van der Waals surface area contributed by atoms with Crippen LogP contribution in [-0.2, 0) is 0 Å². The molecule has 1 aliphatic carbocycles. The van der Waals surface area contributed by atoms with Crippen LogP contribution in [0.25, 0.3) is 16.9 Å². The summed E-state index contributed by atoms with van der Waals surface area (Å²) in [4.78, 5) is 4.76. The van der Waals surface area contributed by atoms with Crippen molar-refractivity contribution in [2.24, 2.45) is 0 Å². The lowest BCUT2D eigenvalue weighted by Gasteiger charge is -2.24. The molecule has 1 N–H and O–H groups in total. The Morgan fingerprint density at radius 1 is 1.14 bits per heavy atom. The molecule has 0 unspecified atom stereocenters. The van der Waals surface area contributed by atoms with Crippen LogP contribution in [0.3, 0.4) is 0 Å². The highest BCUT2D eigenvalue weighted by Crippen LogP contribution is 2.31. The van der Waals surface area contributed by atoms with Crippen molar-refractivity contribution >= 4 is 11.5 Å². The first-order chi connectivity index (χ1) is 10.4. The summed E-state index contributed by atoms with van der Waals surface area (Å²) in [6.45, 7) is 0. The monoisotopic (exact) mass is 281 g/mol. The number of aromatic nitrogens is 2. The molecule has 3 heterocycles. The Kier molecular flexibility index (Phi) is 3.14. The first-order valence-corrected chi connectivity index (χ1v) is 7.68. The van der Waals surface area contributed by atoms with Crippen LogP contribution < -0.4 is 5.32 Å². The lowest BCUT2D eigenvalue weighted by atomic mass is 9.95. The predicted molar refractivity (Wildman–Crippen MR) is 83.4 cm³/mol. The van der Waals surface area contributed by atoms with Crippen molar-refractivity contribution < 1.29 is 4.42 Å². The molecule has 3 aromatic heterocycles. The van der Waals surface area contributed by atoms with Gasteiger partial charge in [-0.2, -0.15) is 0 Å². The third kappa shape index (κ3) is 2.31. The molecule has 1 fully saturated rings. The Labute approximate surface area is 123 Å². The van der Waals surface area contributed by atoms with E-state index in [9.17, 15) is 0 Å². The molecule has 0 radical (unpaired) electrons. The van der Waals surface area contributed by atoms with Crippen LogP contribution in [0.1, 0.15) is 32.1 Å². The maximum absolute atomic E-state index is 5.23. The van der Waals surface area contributed by atoms with Gasteiger partial charge in [-0.25, -0.2) is 4.98 Å². The first-order valence-electron chi connectivity index (χ1n) is 7.68. The van der Waals surface area contributed by atoms with Gasteiger partial charge >= 0.3 is 0 Å². The van der Waals surface area contributed by atoms with E-state index in [0.29, 0.717) is 6.04 Å². The van der Waals surface area contributed by atoms with Crippen molar-refractivity contribution in [1.82, 2.24) is 9.38 Å². The summed E-state index contributed by atoms with van der Waals surface area (Å²) in [5, 5.41) is 3.72. The zero-order chi connectivity index (χ0) is 14.1. The van der Waals surface area contributed by atoms with E-state index >= 15 is 0 Å². The second-order valence-electron chi connectivity index (χ2n) is 5.73. The number of hydrogen-bond donors (Lipinski definition) is 1. The van der Waals surface area contributed by atoms with Gasteiger partial charge in [0.15, 0.2) is 0 Å². The molecule has 0 aromatic carbocycles. The van der Waals surface area contributed by atoms with Gasteiger partial charge in [0.1, 0.15) is 17.2 Å². The zero-order valence-corrected chi connectivity index (χ0v) is 12.0. The predicted octanol–water partition coefficient (Wildman–Crippen LogP) is 4.34. The smallest absolute Gasteiger partial charge is 0.139 e. The Hall–Kier alpha value is -2.23. The number of fused-ring (bicyclic) bond motifs is 1. The van der Waals surface area contributed by atoms with Gasteiger partial charge in [-0.15, -0.1) is 0 Å². The van der Waals surface area contributed by atoms with Crippen LogP contribution in [0, 0.1) is 0 Å². The van der Waals surface area contributed by atoms with Crippen LogP contribution in [0.4, 0.5) is 5.82 Å². The second kappa shape index (κ2) is 5.28. The number of hydrogen-bond acceptors (Lipinski definition) is 3. The van der Waals surface area contributed by atoms with Crippen LogP contribution in [0.2, 0.25) is 0 Å². The fourth-order valence-corrected chi connectivity index (χ4v) is 3.17. The molecule has 0 amide bonds. The Bertz CT molecular complexity index is 724. The van der Waals surface area contributed by atoms with E-state index in [4.69, 9.17) is 9.40 Å². The lowest BCUT2D eigenvalue weighted by molar-refractivity contribution is 0.461. The summed E-state index contributed by atoms with van der Waals surface area (Å²) in [7, 11) is 0. The van der Waals surface area contributed by atoms with Crippen molar-refractivity contribution in [1.29, 1.82) is 0 Å². The quantitative estimate of drug-likeness (QED) is 0.776. The van der Waals surface area contributed by atoms with E-state index in [1.165, 1.54) is 32.1 Å². The molecule has 0 spiro atoms. The fraction of sp³-hybridized carbons (Fsp3) is 0.353. The first kappa shape index (κ1) is 12.5. The standard InChI is InChI=1S/C17H19N3O/c1-2-6-14(7-3-1)18-17-16(13-9-11-21-12-13)19-15-8-4-5-10-20(15)17/h4-5,8-12,14,18H,1-3,6-7H2. The number of nitrogens with zero attached hydrogens (tertiary/aromatic N) is 2. The van der Waals surface area contributed by atoms with Crippen LogP contribution in [0.15, 0.2) is 47.4 Å². The third-order valence-corrected chi connectivity index (χ3v) is 4.27. The minimum absolute atomic E-state index is 0.546. The summed E-state index contributed by atoms with van der Waals surface area (Å²) in [6, 6.07) is 8.61. The second-order valence-corrected chi connectivity index (χ2v) is 5.73. The van der Waals surface area contributed by atoms with Crippen molar-refractivity contribution in [3.8, 4) is 11.3 Å². The summed E-state index contributed by atoms with van der Waals surface area (Å²) in [5.74, 6) is 1.08. The van der Waals surface area contributed by atoms with Gasteiger partial charge in [-0.05, 0) is 31.0 Å². The summed E-state index contributed by atoms with van der Waals surface area (Å²) in [5.41, 5.74) is 2.96. The summed E-state index contributed by atoms with van der Waals surface area (Å²) in [6.07, 6.45) is 12.0. The average molecular weight is 281 g/mol.